The number of carbonyl (C=O) groups excluding carboxylic acids is 2. The molecule has 2 aromatic heterocycles. The molecule has 2 amide bonds. The quantitative estimate of drug-likeness (QED) is 0.528. The number of amides is 2. The van der Waals surface area contributed by atoms with Crippen LogP contribution in [-0.2, 0) is 11.3 Å². The Morgan fingerprint density at radius 1 is 1.19 bits per heavy atom. The topological polar surface area (TPSA) is 115 Å². The molecule has 3 rings (SSSR count). The summed E-state index contributed by atoms with van der Waals surface area (Å²) in [6, 6.07) is 12.3. The van der Waals surface area contributed by atoms with Crippen molar-refractivity contribution in [2.45, 2.75) is 19.5 Å². The lowest BCUT2D eigenvalue weighted by Crippen LogP contribution is -2.41. The fourth-order valence-corrected chi connectivity index (χ4v) is 2.78. The number of nitrogens with one attached hydrogen (secondary N) is 2. The summed E-state index contributed by atoms with van der Waals surface area (Å²) in [5, 5.41) is 5.60. The van der Waals surface area contributed by atoms with Crippen molar-refractivity contribution in [2.75, 3.05) is 11.9 Å². The van der Waals surface area contributed by atoms with Gasteiger partial charge in [0.2, 0.25) is 5.91 Å². The summed E-state index contributed by atoms with van der Waals surface area (Å²) in [6.45, 7) is 2.31. The zero-order valence-corrected chi connectivity index (χ0v) is 15.1. The average molecular weight is 365 g/mol. The highest BCUT2D eigenvalue weighted by atomic mass is 16.2. The van der Waals surface area contributed by atoms with Gasteiger partial charge in [-0.05, 0) is 48.4 Å². The lowest BCUT2D eigenvalue weighted by molar-refractivity contribution is -0.117. The predicted octanol–water partition coefficient (Wildman–Crippen LogP) is 1.40. The monoisotopic (exact) mass is 365 g/mol. The van der Waals surface area contributed by atoms with Gasteiger partial charge in [-0.1, -0.05) is 12.1 Å². The van der Waals surface area contributed by atoms with Gasteiger partial charge in [0, 0.05) is 42.3 Å². The molecule has 0 spiro atoms. The molecular weight excluding hydrogens is 342 g/mol. The molecule has 0 aliphatic rings. The number of fused-ring (bicyclic) bond motifs is 1. The molecule has 0 fully saturated rings. The van der Waals surface area contributed by atoms with Gasteiger partial charge in [0.15, 0.2) is 0 Å². The van der Waals surface area contributed by atoms with E-state index in [-0.39, 0.29) is 18.4 Å². The third-order valence-corrected chi connectivity index (χ3v) is 4.35. The summed E-state index contributed by atoms with van der Waals surface area (Å²) in [6.07, 6.45) is 3.94. The molecule has 3 aromatic rings. The number of hydrogen-bond donors (Lipinski definition) is 4. The van der Waals surface area contributed by atoms with E-state index in [1.165, 1.54) is 0 Å². The van der Waals surface area contributed by atoms with E-state index in [1.54, 1.807) is 18.2 Å². The SMILES string of the molecule is Cc1ccc(NC(=O)[C@@H](N)CN)cc1C(=O)NCc1cc2ccccn2c1. The zero-order chi connectivity index (χ0) is 19.4. The van der Waals surface area contributed by atoms with Crippen molar-refractivity contribution in [1.29, 1.82) is 0 Å². The third kappa shape index (κ3) is 4.33. The van der Waals surface area contributed by atoms with Crippen molar-refractivity contribution in [3.05, 3.63) is 71.5 Å². The van der Waals surface area contributed by atoms with Crippen molar-refractivity contribution in [3.63, 3.8) is 0 Å². The normalized spacial score (nSPS) is 12.0. The van der Waals surface area contributed by atoms with Gasteiger partial charge in [0.1, 0.15) is 0 Å². The summed E-state index contributed by atoms with van der Waals surface area (Å²) < 4.78 is 2.00. The maximum Gasteiger partial charge on any atom is 0.251 e. The molecule has 7 heteroatoms. The molecule has 1 aromatic carbocycles. The maximum absolute atomic E-state index is 12.6. The van der Waals surface area contributed by atoms with E-state index < -0.39 is 6.04 Å². The largest absolute Gasteiger partial charge is 0.348 e. The second kappa shape index (κ2) is 8.03. The second-order valence-electron chi connectivity index (χ2n) is 6.42. The van der Waals surface area contributed by atoms with Crippen molar-refractivity contribution in [2.24, 2.45) is 11.5 Å². The maximum atomic E-state index is 12.6. The fourth-order valence-electron chi connectivity index (χ4n) is 2.78. The first kappa shape index (κ1) is 18.6. The smallest absolute Gasteiger partial charge is 0.251 e. The Balaban J connectivity index is 1.70. The standard InChI is InChI=1S/C20H23N5O2/c1-13-5-6-15(24-20(27)18(22)10-21)9-17(13)19(26)23-11-14-8-16-4-2-3-7-25(16)12-14/h2-9,12,18H,10-11,21-22H2,1H3,(H,23,26)(H,24,27)/t18-/m0/s1. The fraction of sp³-hybridized carbons (Fsp3) is 0.200. The highest BCUT2D eigenvalue weighted by molar-refractivity contribution is 5.99. The molecule has 0 saturated carbocycles. The van der Waals surface area contributed by atoms with E-state index in [0.29, 0.717) is 17.8 Å². The summed E-state index contributed by atoms with van der Waals surface area (Å²) in [5.74, 6) is -0.588. The molecule has 0 unspecified atom stereocenters. The number of nitrogens with zero attached hydrogens (tertiary/aromatic N) is 1. The van der Waals surface area contributed by atoms with E-state index in [1.807, 2.05) is 48.0 Å². The Kier molecular flexibility index (Phi) is 5.54. The number of rotatable bonds is 6. The second-order valence-corrected chi connectivity index (χ2v) is 6.42. The minimum Gasteiger partial charge on any atom is -0.348 e. The minimum absolute atomic E-state index is 0.0526. The van der Waals surface area contributed by atoms with Crippen molar-refractivity contribution in [1.82, 2.24) is 9.72 Å². The van der Waals surface area contributed by atoms with Gasteiger partial charge in [-0.15, -0.1) is 0 Å². The van der Waals surface area contributed by atoms with Crippen LogP contribution in [0.4, 0.5) is 5.69 Å². The van der Waals surface area contributed by atoms with Crippen molar-refractivity contribution in [3.8, 4) is 0 Å². The van der Waals surface area contributed by atoms with Crippen molar-refractivity contribution < 1.29 is 9.59 Å². The third-order valence-electron chi connectivity index (χ3n) is 4.35. The summed E-state index contributed by atoms with van der Waals surface area (Å²) in [7, 11) is 0. The predicted molar refractivity (Wildman–Crippen MR) is 105 cm³/mol. The van der Waals surface area contributed by atoms with Gasteiger partial charge in [0.25, 0.3) is 5.91 Å². The summed E-state index contributed by atoms with van der Waals surface area (Å²) >= 11 is 0. The lowest BCUT2D eigenvalue weighted by Gasteiger charge is -2.12. The molecule has 27 heavy (non-hydrogen) atoms. The van der Waals surface area contributed by atoms with Gasteiger partial charge >= 0.3 is 0 Å². The van der Waals surface area contributed by atoms with Crippen LogP contribution < -0.4 is 22.1 Å². The molecule has 6 N–H and O–H groups in total. The molecule has 2 heterocycles. The molecule has 0 aliphatic carbocycles. The number of aryl methyl sites for hydroxylation is 1. The van der Waals surface area contributed by atoms with Crippen LogP contribution in [0.5, 0.6) is 0 Å². The molecular formula is C20H23N5O2. The number of aromatic nitrogens is 1. The van der Waals surface area contributed by atoms with Crippen LogP contribution in [0, 0.1) is 6.92 Å². The Morgan fingerprint density at radius 3 is 2.74 bits per heavy atom. The molecule has 140 valence electrons. The highest BCUT2D eigenvalue weighted by Crippen LogP contribution is 2.16. The van der Waals surface area contributed by atoms with Crippen LogP contribution in [0.2, 0.25) is 0 Å². The minimum atomic E-state index is -0.785. The average Bonchev–Trinajstić information content (AvgIpc) is 3.09. The van der Waals surface area contributed by atoms with Crippen LogP contribution in [0.15, 0.2) is 54.9 Å². The number of hydrogen-bond acceptors (Lipinski definition) is 4. The van der Waals surface area contributed by atoms with E-state index in [0.717, 1.165) is 16.6 Å². The van der Waals surface area contributed by atoms with Crippen LogP contribution in [-0.4, -0.2) is 28.8 Å². The number of anilines is 1. The molecule has 0 saturated heterocycles. The Labute approximate surface area is 157 Å². The van der Waals surface area contributed by atoms with E-state index in [2.05, 4.69) is 10.6 Å². The van der Waals surface area contributed by atoms with Gasteiger partial charge in [-0.3, -0.25) is 9.59 Å². The highest BCUT2D eigenvalue weighted by Gasteiger charge is 2.14. The lowest BCUT2D eigenvalue weighted by atomic mass is 10.1. The van der Waals surface area contributed by atoms with Crippen molar-refractivity contribution >= 4 is 23.0 Å². The molecule has 0 bridgehead atoms. The molecule has 1 atom stereocenters. The van der Waals surface area contributed by atoms with Gasteiger partial charge in [-0.2, -0.15) is 0 Å². The summed E-state index contributed by atoms with van der Waals surface area (Å²) in [4.78, 5) is 24.5. The first-order valence-corrected chi connectivity index (χ1v) is 8.69. The van der Waals surface area contributed by atoms with Gasteiger partial charge in [-0.25, -0.2) is 0 Å². The molecule has 7 nitrogen and oxygen atoms in total. The zero-order valence-electron chi connectivity index (χ0n) is 15.1. The van der Waals surface area contributed by atoms with Gasteiger partial charge in [0.05, 0.1) is 6.04 Å². The Hall–Kier alpha value is -3.16. The van der Waals surface area contributed by atoms with E-state index in [4.69, 9.17) is 11.5 Å². The first-order chi connectivity index (χ1) is 13.0. The van der Waals surface area contributed by atoms with E-state index in [9.17, 15) is 9.59 Å². The summed E-state index contributed by atoms with van der Waals surface area (Å²) in [5.41, 5.74) is 14.9. The van der Waals surface area contributed by atoms with Crippen LogP contribution in [0.1, 0.15) is 21.5 Å². The number of carbonyl (C=O) groups is 2. The number of pyridine rings is 1. The van der Waals surface area contributed by atoms with Crippen LogP contribution in [0.25, 0.3) is 5.52 Å². The van der Waals surface area contributed by atoms with E-state index >= 15 is 0 Å². The molecule has 0 aliphatic heterocycles. The Morgan fingerprint density at radius 2 is 2.00 bits per heavy atom. The number of benzene rings is 1. The molecule has 0 radical (unpaired) electrons. The number of nitrogens with two attached hydrogens (primary N) is 2. The Bertz CT molecular complexity index is 946. The van der Waals surface area contributed by atoms with Crippen LogP contribution >= 0.6 is 0 Å². The first-order valence-electron chi connectivity index (χ1n) is 8.69. The van der Waals surface area contributed by atoms with Gasteiger partial charge < -0.3 is 26.5 Å². The van der Waals surface area contributed by atoms with Crippen LogP contribution in [0.3, 0.4) is 0 Å².